The fraction of sp³-hybridized carbons (Fsp3) is 0.400. The maximum absolute atomic E-state index is 12.6. The Bertz CT molecular complexity index is 950. The van der Waals surface area contributed by atoms with Crippen molar-refractivity contribution in [3.63, 3.8) is 0 Å². The normalized spacial score (nSPS) is 13.1. The number of esters is 1. The van der Waals surface area contributed by atoms with Crippen molar-refractivity contribution in [1.82, 2.24) is 4.72 Å². The maximum atomic E-state index is 12.6. The molecule has 1 N–H and O–H groups in total. The molecule has 29 heavy (non-hydrogen) atoms. The van der Waals surface area contributed by atoms with Gasteiger partial charge in [0.25, 0.3) is 0 Å². The van der Waals surface area contributed by atoms with Gasteiger partial charge in [-0.2, -0.15) is 11.3 Å². The topological polar surface area (TPSA) is 89.5 Å². The number of carbonyl (C=O) groups is 2. The second kappa shape index (κ2) is 9.97. The van der Waals surface area contributed by atoms with Gasteiger partial charge in [-0.3, -0.25) is 9.59 Å². The van der Waals surface area contributed by atoms with Crippen LogP contribution in [-0.4, -0.2) is 31.0 Å². The fourth-order valence-electron chi connectivity index (χ4n) is 2.44. The zero-order valence-corrected chi connectivity index (χ0v) is 19.7. The molecule has 0 spiro atoms. The molecule has 2 aromatic rings. The summed E-state index contributed by atoms with van der Waals surface area (Å²) in [6.07, 6.45) is -0.168. The number of hydrogen-bond acceptors (Lipinski definition) is 6. The number of sulfonamides is 1. The lowest BCUT2D eigenvalue weighted by Crippen LogP contribution is -2.46. The van der Waals surface area contributed by atoms with E-state index in [4.69, 9.17) is 4.74 Å². The fourth-order valence-corrected chi connectivity index (χ4v) is 4.45. The molecule has 1 unspecified atom stereocenters. The summed E-state index contributed by atoms with van der Waals surface area (Å²) in [6, 6.07) is 8.08. The van der Waals surface area contributed by atoms with E-state index in [1.54, 1.807) is 45.0 Å². The monoisotopic (exact) mass is 501 g/mol. The molecule has 0 bridgehead atoms. The van der Waals surface area contributed by atoms with Crippen LogP contribution in [0.25, 0.3) is 0 Å². The van der Waals surface area contributed by atoms with E-state index in [2.05, 4.69) is 20.7 Å². The number of para-hydroxylation sites is 1. The van der Waals surface area contributed by atoms with Crippen LogP contribution >= 0.6 is 27.3 Å². The van der Waals surface area contributed by atoms with Gasteiger partial charge in [-0.25, -0.2) is 13.1 Å². The second-order valence-corrected chi connectivity index (χ2v) is 11.7. The molecule has 6 nitrogen and oxygen atoms in total. The highest BCUT2D eigenvalue weighted by Gasteiger charge is 2.32. The Balaban J connectivity index is 2.04. The van der Waals surface area contributed by atoms with Gasteiger partial charge in [0, 0.05) is 12.5 Å². The Morgan fingerprint density at radius 2 is 1.90 bits per heavy atom. The first kappa shape index (κ1) is 23.7. The molecule has 0 aliphatic rings. The highest BCUT2D eigenvalue weighted by molar-refractivity contribution is 9.10. The van der Waals surface area contributed by atoms with Gasteiger partial charge in [0.1, 0.15) is 18.0 Å². The zero-order valence-electron chi connectivity index (χ0n) is 16.5. The Labute approximate surface area is 183 Å². The van der Waals surface area contributed by atoms with E-state index in [0.29, 0.717) is 16.6 Å². The van der Waals surface area contributed by atoms with Gasteiger partial charge in [0.05, 0.1) is 9.22 Å². The molecule has 0 radical (unpaired) electrons. The zero-order chi connectivity index (χ0) is 21.7. The van der Waals surface area contributed by atoms with Gasteiger partial charge in [-0.1, -0.05) is 12.1 Å². The van der Waals surface area contributed by atoms with Crippen molar-refractivity contribution in [2.75, 3.05) is 0 Å². The Morgan fingerprint density at radius 1 is 1.21 bits per heavy atom. The number of hydrogen-bond donors (Lipinski definition) is 1. The smallest absolute Gasteiger partial charge is 0.318 e. The Hall–Kier alpha value is -1.55. The minimum Gasteiger partial charge on any atom is -0.425 e. The first-order valence-electron chi connectivity index (χ1n) is 8.98. The second-order valence-electron chi connectivity index (χ2n) is 7.59. The van der Waals surface area contributed by atoms with Crippen molar-refractivity contribution in [2.45, 2.75) is 50.8 Å². The summed E-state index contributed by atoms with van der Waals surface area (Å²) < 4.78 is 32.6. The van der Waals surface area contributed by atoms with E-state index in [1.165, 1.54) is 11.3 Å². The van der Waals surface area contributed by atoms with Crippen LogP contribution in [0.2, 0.25) is 0 Å². The predicted molar refractivity (Wildman–Crippen MR) is 118 cm³/mol. The number of thiophene rings is 1. The Morgan fingerprint density at radius 3 is 2.48 bits per heavy atom. The number of rotatable bonds is 9. The van der Waals surface area contributed by atoms with Crippen molar-refractivity contribution in [3.05, 3.63) is 51.1 Å². The van der Waals surface area contributed by atoms with E-state index >= 15 is 0 Å². The number of nitrogens with one attached hydrogen (secondary N) is 1. The van der Waals surface area contributed by atoms with Crippen molar-refractivity contribution in [2.24, 2.45) is 0 Å². The van der Waals surface area contributed by atoms with Crippen molar-refractivity contribution in [3.8, 4) is 5.75 Å². The molecule has 0 saturated heterocycles. The minimum absolute atomic E-state index is 0.101. The van der Waals surface area contributed by atoms with Crippen LogP contribution in [0, 0.1) is 0 Å². The lowest BCUT2D eigenvalue weighted by molar-refractivity contribution is -0.138. The van der Waals surface area contributed by atoms with E-state index in [9.17, 15) is 18.0 Å². The van der Waals surface area contributed by atoms with Gasteiger partial charge in [0.15, 0.2) is 0 Å². The predicted octanol–water partition coefficient (Wildman–Crippen LogP) is 4.09. The summed E-state index contributed by atoms with van der Waals surface area (Å²) in [5.41, 5.74) is 0.931. The largest absolute Gasteiger partial charge is 0.425 e. The molecular formula is C20H24BrNO5S2. The van der Waals surface area contributed by atoms with E-state index < -0.39 is 33.2 Å². The van der Waals surface area contributed by atoms with Crippen molar-refractivity contribution < 1.29 is 22.7 Å². The molecule has 1 heterocycles. The molecule has 1 atom stereocenters. The summed E-state index contributed by atoms with van der Waals surface area (Å²) >= 11 is 4.77. The van der Waals surface area contributed by atoms with Crippen molar-refractivity contribution in [1.29, 1.82) is 0 Å². The summed E-state index contributed by atoms with van der Waals surface area (Å²) in [7, 11) is -3.65. The summed E-state index contributed by atoms with van der Waals surface area (Å²) in [5.74, 6) is -0.748. The van der Waals surface area contributed by atoms with Crippen LogP contribution in [0.1, 0.15) is 39.2 Å². The molecule has 158 valence electrons. The minimum atomic E-state index is -3.65. The third kappa shape index (κ3) is 7.33. The maximum Gasteiger partial charge on any atom is 0.318 e. The van der Waals surface area contributed by atoms with Crippen LogP contribution in [-0.2, 0) is 26.0 Å². The van der Waals surface area contributed by atoms with Gasteiger partial charge in [-0.05, 0) is 77.6 Å². The number of ketones is 1. The van der Waals surface area contributed by atoms with Gasteiger partial charge < -0.3 is 4.74 Å². The number of halogens is 1. The lowest BCUT2D eigenvalue weighted by atomic mass is 10.0. The van der Waals surface area contributed by atoms with Gasteiger partial charge >= 0.3 is 5.97 Å². The standard InChI is InChI=1S/C20H24BrNO5S2/c1-20(2,3)29(25,26)22-15(10-14-8-9-28-13-14)11-16(23)12-19(24)27-18-7-5-4-6-17(18)21/h4-9,13,15,22H,10-12H2,1-3H3. The summed E-state index contributed by atoms with van der Waals surface area (Å²) in [5, 5.41) is 3.80. The van der Waals surface area contributed by atoms with Crippen LogP contribution < -0.4 is 9.46 Å². The van der Waals surface area contributed by atoms with Crippen LogP contribution in [0.15, 0.2) is 45.6 Å². The third-order valence-electron chi connectivity index (χ3n) is 4.07. The molecule has 1 aromatic heterocycles. The Kier molecular flexibility index (Phi) is 8.16. The molecule has 1 aromatic carbocycles. The van der Waals surface area contributed by atoms with Crippen molar-refractivity contribution >= 4 is 49.0 Å². The molecule has 9 heteroatoms. The molecule has 0 aliphatic heterocycles. The molecule has 0 saturated carbocycles. The number of Topliss-reactive ketones (excluding diaryl/α,β-unsaturated/α-hetero) is 1. The first-order chi connectivity index (χ1) is 13.5. The lowest BCUT2D eigenvalue weighted by Gasteiger charge is -2.25. The first-order valence-corrected chi connectivity index (χ1v) is 12.2. The summed E-state index contributed by atoms with van der Waals surface area (Å²) in [6.45, 7) is 4.77. The van der Waals surface area contributed by atoms with E-state index in [0.717, 1.165) is 5.56 Å². The molecule has 0 fully saturated rings. The molecule has 2 rings (SSSR count). The SMILES string of the molecule is CC(C)(C)S(=O)(=O)NC(CC(=O)CC(=O)Oc1ccccc1Br)Cc1ccsc1. The van der Waals surface area contributed by atoms with Crippen LogP contribution in [0.5, 0.6) is 5.75 Å². The molecule has 0 amide bonds. The summed E-state index contributed by atoms with van der Waals surface area (Å²) in [4.78, 5) is 24.6. The quantitative estimate of drug-likeness (QED) is 0.317. The van der Waals surface area contributed by atoms with Gasteiger partial charge in [-0.15, -0.1) is 0 Å². The average molecular weight is 502 g/mol. The molecule has 0 aliphatic carbocycles. The highest BCUT2D eigenvalue weighted by Crippen LogP contribution is 2.24. The number of benzene rings is 1. The third-order valence-corrected chi connectivity index (χ3v) is 7.71. The number of carbonyl (C=O) groups excluding carboxylic acids is 2. The van der Waals surface area contributed by atoms with Gasteiger partial charge in [0.2, 0.25) is 10.0 Å². The number of ether oxygens (including phenoxy) is 1. The van der Waals surface area contributed by atoms with Crippen LogP contribution in [0.3, 0.4) is 0 Å². The highest BCUT2D eigenvalue weighted by atomic mass is 79.9. The van der Waals surface area contributed by atoms with Crippen LogP contribution in [0.4, 0.5) is 0 Å². The molecular weight excluding hydrogens is 478 g/mol. The van der Waals surface area contributed by atoms with E-state index in [1.807, 2.05) is 16.8 Å². The van der Waals surface area contributed by atoms with E-state index in [-0.39, 0.29) is 12.2 Å². The average Bonchev–Trinajstić information content (AvgIpc) is 3.08.